The van der Waals surface area contributed by atoms with Crippen molar-refractivity contribution >= 4 is 5.84 Å². The second-order valence-corrected chi connectivity index (χ2v) is 4.53. The van der Waals surface area contributed by atoms with Crippen LogP contribution in [0.5, 0.6) is 0 Å². The summed E-state index contributed by atoms with van der Waals surface area (Å²) in [6.07, 6.45) is 0. The summed E-state index contributed by atoms with van der Waals surface area (Å²) in [5.74, 6) is 1.62. The Bertz CT molecular complexity index is 555. The number of aryl methyl sites for hydroxylation is 4. The lowest BCUT2D eigenvalue weighted by atomic mass is 10.3. The monoisotopic (exact) mass is 276 g/mol. The van der Waals surface area contributed by atoms with E-state index < -0.39 is 10.2 Å². The van der Waals surface area contributed by atoms with Gasteiger partial charge in [0, 0.05) is 19.9 Å². The van der Waals surface area contributed by atoms with Crippen LogP contribution in [0.15, 0.2) is 10.5 Å². The van der Waals surface area contributed by atoms with Crippen LogP contribution in [0.1, 0.15) is 22.8 Å². The molecule has 7 nitrogen and oxygen atoms in total. The first kappa shape index (κ1) is 14.8. The van der Waals surface area contributed by atoms with Gasteiger partial charge in [-0.1, -0.05) is 0 Å². The van der Waals surface area contributed by atoms with Crippen LogP contribution in [0.25, 0.3) is 5.84 Å². The summed E-state index contributed by atoms with van der Waals surface area (Å²) in [5, 5.41) is 0. The Kier molecular flexibility index (Phi) is 4.25. The van der Waals surface area contributed by atoms with Crippen molar-refractivity contribution in [1.29, 1.82) is 0 Å². The summed E-state index contributed by atoms with van der Waals surface area (Å²) in [4.78, 5) is 4.31. The lowest BCUT2D eigenvalue weighted by Gasteiger charge is -2.17. The molecule has 2 heterocycles. The van der Waals surface area contributed by atoms with Crippen molar-refractivity contribution in [3.63, 3.8) is 0 Å². The van der Waals surface area contributed by atoms with Crippen molar-refractivity contribution in [1.82, 2.24) is 4.98 Å². The zero-order valence-corrected chi connectivity index (χ0v) is 11.1. The van der Waals surface area contributed by atoms with Gasteiger partial charge in [0.05, 0.1) is 0 Å². The fourth-order valence-corrected chi connectivity index (χ4v) is 1.60. The van der Waals surface area contributed by atoms with E-state index in [0.29, 0.717) is 5.84 Å². The van der Waals surface area contributed by atoms with Crippen LogP contribution in [0.2, 0.25) is 0 Å². The van der Waals surface area contributed by atoms with Crippen molar-refractivity contribution < 1.29 is 37.7 Å². The fraction of sp³-hybridized carbons (Fsp3) is 0.400. The standard InChI is InChI=1S/C10H13N2O.ClHO4/c1-6-5-7(2)12-8(3)9(4)13-10(12)11-6;2-1(3,4)5/h5H,1-4H3;(H,2,3,4,5)/q+1;/p-1. The molecule has 2 rings (SSSR count). The molecule has 0 atom stereocenters. The highest BCUT2D eigenvalue weighted by Crippen LogP contribution is 2.08. The molecule has 0 unspecified atom stereocenters. The predicted octanol–water partition coefficient (Wildman–Crippen LogP) is -3.11. The van der Waals surface area contributed by atoms with Gasteiger partial charge in [-0.15, -0.1) is 10.2 Å². The van der Waals surface area contributed by atoms with Crippen LogP contribution in [0.3, 0.4) is 0 Å². The molecule has 0 fully saturated rings. The number of aromatic nitrogens is 2. The van der Waals surface area contributed by atoms with Crippen LogP contribution in [0, 0.1) is 37.9 Å². The van der Waals surface area contributed by atoms with E-state index >= 15 is 0 Å². The van der Waals surface area contributed by atoms with Crippen LogP contribution in [-0.4, -0.2) is 4.98 Å². The van der Waals surface area contributed by atoms with Gasteiger partial charge in [0.25, 0.3) is 0 Å². The van der Waals surface area contributed by atoms with Gasteiger partial charge in [-0.3, -0.25) is 0 Å². The molecule has 0 saturated carbocycles. The summed E-state index contributed by atoms with van der Waals surface area (Å²) < 4.78 is 41.5. The van der Waals surface area contributed by atoms with Crippen molar-refractivity contribution in [2.45, 2.75) is 27.7 Å². The van der Waals surface area contributed by atoms with Crippen LogP contribution >= 0.6 is 0 Å². The second-order valence-electron chi connectivity index (χ2n) is 3.78. The maximum atomic E-state index is 8.49. The third kappa shape index (κ3) is 3.90. The highest BCUT2D eigenvalue weighted by atomic mass is 35.7. The Morgan fingerprint density at radius 3 is 2.11 bits per heavy atom. The number of rotatable bonds is 0. The molecule has 8 heteroatoms. The van der Waals surface area contributed by atoms with E-state index in [0.717, 1.165) is 22.8 Å². The van der Waals surface area contributed by atoms with Crippen molar-refractivity contribution in [2.24, 2.45) is 0 Å². The number of fused-ring (bicyclic) bond motifs is 1. The molecule has 0 aromatic carbocycles. The Labute approximate surface area is 106 Å². The molecule has 0 bridgehead atoms. The van der Waals surface area contributed by atoms with Crippen LogP contribution in [-0.2, 0) is 0 Å². The third-order valence-electron chi connectivity index (χ3n) is 2.32. The van der Waals surface area contributed by atoms with Crippen molar-refractivity contribution in [2.75, 3.05) is 0 Å². The predicted molar refractivity (Wildman–Crippen MR) is 48.6 cm³/mol. The van der Waals surface area contributed by atoms with Crippen molar-refractivity contribution in [3.05, 3.63) is 28.9 Å². The molecule has 100 valence electrons. The number of nitrogens with zero attached hydrogens (tertiary/aromatic N) is 2. The first-order valence-corrected chi connectivity index (χ1v) is 6.21. The van der Waals surface area contributed by atoms with E-state index in [1.807, 2.05) is 25.2 Å². The SMILES string of the molecule is Cc1cc(C)[n+]2c(C)c(C)oc2n1.[O-][Cl+3]([O-])([O-])[O-]. The average molecular weight is 277 g/mol. The molecular formula is C10H13ClN2O5. The van der Waals surface area contributed by atoms with Crippen molar-refractivity contribution in [3.8, 4) is 0 Å². The van der Waals surface area contributed by atoms with Gasteiger partial charge in [-0.25, -0.2) is 18.6 Å². The van der Waals surface area contributed by atoms with Gasteiger partial charge < -0.3 is 4.42 Å². The van der Waals surface area contributed by atoms with Gasteiger partial charge in [-0.2, -0.15) is 4.40 Å². The minimum Gasteiger partial charge on any atom is -0.389 e. The zero-order valence-electron chi connectivity index (χ0n) is 10.4. The van der Waals surface area contributed by atoms with E-state index in [9.17, 15) is 0 Å². The Morgan fingerprint density at radius 1 is 1.11 bits per heavy atom. The second kappa shape index (κ2) is 5.17. The lowest BCUT2D eigenvalue weighted by molar-refractivity contribution is -2.00. The Hall–Kier alpha value is -1.25. The van der Waals surface area contributed by atoms with Gasteiger partial charge in [0.2, 0.25) is 0 Å². The zero-order chi connectivity index (χ0) is 14.1. The Balaban J connectivity index is 0.000000280. The van der Waals surface area contributed by atoms with E-state index in [1.165, 1.54) is 0 Å². The summed E-state index contributed by atoms with van der Waals surface area (Å²) in [7, 11) is -4.94. The number of oxazole rings is 1. The molecule has 0 aliphatic carbocycles. The normalized spacial score (nSPS) is 11.3. The average Bonchev–Trinajstić information content (AvgIpc) is 2.38. The van der Waals surface area contributed by atoms with E-state index in [2.05, 4.69) is 18.0 Å². The highest BCUT2D eigenvalue weighted by Gasteiger charge is 2.18. The topological polar surface area (TPSA) is 122 Å². The largest absolute Gasteiger partial charge is 0.509 e. The minimum absolute atomic E-state index is 0.688. The van der Waals surface area contributed by atoms with Gasteiger partial charge in [-0.05, 0) is 18.8 Å². The molecule has 0 radical (unpaired) electrons. The lowest BCUT2D eigenvalue weighted by Crippen LogP contribution is -2.68. The third-order valence-corrected chi connectivity index (χ3v) is 2.32. The first-order valence-electron chi connectivity index (χ1n) is 4.97. The van der Waals surface area contributed by atoms with Gasteiger partial charge >= 0.3 is 5.84 Å². The minimum atomic E-state index is -4.94. The molecule has 18 heavy (non-hydrogen) atoms. The van der Waals surface area contributed by atoms with E-state index in [1.54, 1.807) is 0 Å². The van der Waals surface area contributed by atoms with E-state index in [-0.39, 0.29) is 0 Å². The fourth-order valence-electron chi connectivity index (χ4n) is 1.60. The summed E-state index contributed by atoms with van der Waals surface area (Å²) >= 11 is 0. The number of hydrogen-bond donors (Lipinski definition) is 0. The molecule has 0 spiro atoms. The summed E-state index contributed by atoms with van der Waals surface area (Å²) in [6.45, 7) is 8.03. The molecular weight excluding hydrogens is 264 g/mol. The van der Waals surface area contributed by atoms with Gasteiger partial charge in [0.1, 0.15) is 11.4 Å². The maximum Gasteiger partial charge on any atom is 0.509 e. The molecule has 0 saturated heterocycles. The van der Waals surface area contributed by atoms with Crippen LogP contribution in [0.4, 0.5) is 0 Å². The summed E-state index contributed by atoms with van der Waals surface area (Å²) in [5.41, 5.74) is 3.28. The quantitative estimate of drug-likeness (QED) is 0.469. The highest BCUT2D eigenvalue weighted by molar-refractivity contribution is 5.20. The smallest absolute Gasteiger partial charge is 0.389 e. The molecule has 2 aromatic heterocycles. The molecule has 0 N–H and O–H groups in total. The molecule has 2 aromatic rings. The molecule has 0 aliphatic heterocycles. The number of hydrogen-bond acceptors (Lipinski definition) is 6. The number of halogens is 1. The summed E-state index contributed by atoms with van der Waals surface area (Å²) in [6, 6.07) is 2.05. The molecule has 0 aliphatic rings. The van der Waals surface area contributed by atoms with E-state index in [4.69, 9.17) is 23.1 Å². The first-order chi connectivity index (χ1) is 8.09. The Morgan fingerprint density at radius 2 is 1.61 bits per heavy atom. The van der Waals surface area contributed by atoms with Crippen LogP contribution < -0.4 is 23.0 Å². The van der Waals surface area contributed by atoms with Gasteiger partial charge in [0.15, 0.2) is 11.5 Å². The molecule has 0 amide bonds. The maximum absolute atomic E-state index is 8.49.